The molecule has 0 radical (unpaired) electrons. The monoisotopic (exact) mass is 414 g/mol. The van der Waals surface area contributed by atoms with Crippen LogP contribution in [0.2, 0.25) is 0 Å². The molecule has 0 atom stereocenters. The van der Waals surface area contributed by atoms with Crippen molar-refractivity contribution >= 4 is 56.2 Å². The van der Waals surface area contributed by atoms with E-state index in [1.54, 1.807) is 47.4 Å². The van der Waals surface area contributed by atoms with Gasteiger partial charge in [0.25, 0.3) is 0 Å². The molecule has 126 valence electrons. The van der Waals surface area contributed by atoms with Gasteiger partial charge in [0.2, 0.25) is 5.69 Å². The Morgan fingerprint density at radius 1 is 1.16 bits per heavy atom. The van der Waals surface area contributed by atoms with Crippen LogP contribution in [0.1, 0.15) is 13.8 Å². The van der Waals surface area contributed by atoms with E-state index in [9.17, 15) is 5.11 Å². The van der Waals surface area contributed by atoms with Gasteiger partial charge in [0.15, 0.2) is 5.11 Å². The molecule has 2 aromatic rings. The molecule has 2 aromatic carbocycles. The van der Waals surface area contributed by atoms with Crippen molar-refractivity contribution in [3.63, 3.8) is 0 Å². The van der Waals surface area contributed by atoms with E-state index in [2.05, 4.69) is 20.8 Å². The molecule has 25 heavy (non-hydrogen) atoms. The summed E-state index contributed by atoms with van der Waals surface area (Å²) in [6.45, 7) is 11.0. The second-order valence-corrected chi connectivity index (χ2v) is 7.34. The number of nitrogens with zero attached hydrogens (tertiary/aromatic N) is 3. The van der Waals surface area contributed by atoms with Gasteiger partial charge in [0.05, 0.1) is 12.1 Å². The fourth-order valence-electron chi connectivity index (χ4n) is 2.81. The van der Waals surface area contributed by atoms with Crippen LogP contribution in [-0.2, 0) is 0 Å². The molecule has 5 nitrogen and oxygen atoms in total. The Bertz CT molecular complexity index is 918. The van der Waals surface area contributed by atoms with E-state index >= 15 is 0 Å². The number of benzene rings is 2. The summed E-state index contributed by atoms with van der Waals surface area (Å²) in [5.74, 6) is 0.519. The third-order valence-electron chi connectivity index (χ3n) is 4.16. The van der Waals surface area contributed by atoms with Crippen LogP contribution >= 0.6 is 28.1 Å². The van der Waals surface area contributed by atoms with Crippen LogP contribution in [0, 0.1) is 12.0 Å². The van der Waals surface area contributed by atoms with Crippen LogP contribution in [0.15, 0.2) is 46.9 Å². The van der Waals surface area contributed by atoms with Crippen LogP contribution < -0.4 is 9.80 Å². The molecule has 0 aliphatic carbocycles. The van der Waals surface area contributed by atoms with Crippen molar-refractivity contribution in [2.45, 2.75) is 19.4 Å². The number of phenols is 1. The Kier molecular flexibility index (Phi) is 4.27. The van der Waals surface area contributed by atoms with Gasteiger partial charge >= 0.3 is 0 Å². The molecule has 0 unspecified atom stereocenters. The zero-order valence-corrected chi connectivity index (χ0v) is 16.0. The van der Waals surface area contributed by atoms with Gasteiger partial charge in [-0.25, -0.2) is 4.85 Å². The third kappa shape index (κ3) is 2.77. The molecule has 0 amide bonds. The van der Waals surface area contributed by atoms with E-state index in [4.69, 9.17) is 24.2 Å². The number of anilines is 2. The largest absolute Gasteiger partial charge is 0.508 e. The molecular formula is C18H15BrN4OS. The SMILES string of the molecule is [C-]#[N+]c1ccc(N2C(=N)C(C)(C)N(c3ccc(O)cc3)C2=S)cc1Br. The van der Waals surface area contributed by atoms with Crippen LogP contribution in [-0.4, -0.2) is 21.6 Å². The summed E-state index contributed by atoms with van der Waals surface area (Å²) in [7, 11) is 0. The molecule has 7 heteroatoms. The first-order valence-corrected chi connectivity index (χ1v) is 8.67. The van der Waals surface area contributed by atoms with Crippen molar-refractivity contribution in [2.24, 2.45) is 0 Å². The molecule has 0 saturated carbocycles. The maximum absolute atomic E-state index is 9.52. The first-order chi connectivity index (χ1) is 11.8. The van der Waals surface area contributed by atoms with Crippen LogP contribution in [0.5, 0.6) is 5.75 Å². The van der Waals surface area contributed by atoms with Gasteiger partial charge in [-0.2, -0.15) is 0 Å². The lowest BCUT2D eigenvalue weighted by Crippen LogP contribution is -2.44. The first kappa shape index (κ1) is 17.4. The van der Waals surface area contributed by atoms with Gasteiger partial charge in [-0.15, -0.1) is 0 Å². The molecule has 3 rings (SSSR count). The number of thiocarbonyl (C=S) groups is 1. The smallest absolute Gasteiger partial charge is 0.201 e. The Morgan fingerprint density at radius 3 is 2.32 bits per heavy atom. The number of halogens is 1. The molecule has 1 fully saturated rings. The Hall–Kier alpha value is -2.43. The lowest BCUT2D eigenvalue weighted by atomic mass is 10.0. The van der Waals surface area contributed by atoms with Gasteiger partial charge < -0.3 is 10.0 Å². The fourth-order valence-corrected chi connectivity index (χ4v) is 3.80. The Morgan fingerprint density at radius 2 is 1.76 bits per heavy atom. The van der Waals surface area contributed by atoms with E-state index < -0.39 is 5.54 Å². The van der Waals surface area contributed by atoms with E-state index in [0.29, 0.717) is 21.1 Å². The van der Waals surface area contributed by atoms with E-state index in [-0.39, 0.29) is 5.75 Å². The summed E-state index contributed by atoms with van der Waals surface area (Å²) in [5, 5.41) is 18.6. The maximum atomic E-state index is 9.52. The molecule has 0 bridgehead atoms. The number of hydrogen-bond acceptors (Lipinski definition) is 3. The topological polar surface area (TPSA) is 54.9 Å². The third-order valence-corrected chi connectivity index (χ3v) is 5.16. The standard InChI is InChI=1S/C18H15BrN4OS/c1-18(2)16(20)22(12-6-9-15(21-3)14(19)10-12)17(25)23(18)11-4-7-13(24)8-5-11/h4-10,20,24H,1-2H3. The summed E-state index contributed by atoms with van der Waals surface area (Å²) >= 11 is 9.06. The van der Waals surface area contributed by atoms with Crippen molar-refractivity contribution in [3.05, 3.63) is 58.4 Å². The number of phenolic OH excluding ortho intramolecular Hbond substituents is 1. The van der Waals surface area contributed by atoms with Gasteiger partial charge in [-0.1, -0.05) is 22.0 Å². The minimum atomic E-state index is -0.654. The molecule has 0 aromatic heterocycles. The van der Waals surface area contributed by atoms with Gasteiger partial charge in [-0.3, -0.25) is 10.3 Å². The van der Waals surface area contributed by atoms with Crippen molar-refractivity contribution < 1.29 is 5.11 Å². The van der Waals surface area contributed by atoms with Crippen molar-refractivity contribution in [1.29, 1.82) is 5.41 Å². The predicted molar refractivity (Wildman–Crippen MR) is 108 cm³/mol. The molecule has 1 heterocycles. The van der Waals surface area contributed by atoms with Crippen molar-refractivity contribution in [1.82, 2.24) is 0 Å². The number of nitrogens with one attached hydrogen (secondary N) is 1. The second kappa shape index (κ2) is 6.14. The highest BCUT2D eigenvalue weighted by molar-refractivity contribution is 9.10. The second-order valence-electron chi connectivity index (χ2n) is 6.12. The lowest BCUT2D eigenvalue weighted by Gasteiger charge is -2.30. The molecule has 1 saturated heterocycles. The molecular weight excluding hydrogens is 400 g/mol. The highest BCUT2D eigenvalue weighted by Gasteiger charge is 2.47. The zero-order valence-electron chi connectivity index (χ0n) is 13.6. The fraction of sp³-hybridized carbons (Fsp3) is 0.167. The molecule has 1 aliphatic heterocycles. The van der Waals surface area contributed by atoms with E-state index in [0.717, 1.165) is 11.4 Å². The first-order valence-electron chi connectivity index (χ1n) is 7.46. The zero-order chi connectivity index (χ0) is 18.4. The quantitative estimate of drug-likeness (QED) is 0.531. The highest BCUT2D eigenvalue weighted by atomic mass is 79.9. The van der Waals surface area contributed by atoms with Crippen molar-refractivity contribution in [2.75, 3.05) is 9.80 Å². The number of amidine groups is 1. The van der Waals surface area contributed by atoms with Gasteiger partial charge in [-0.05, 0) is 62.5 Å². The number of rotatable bonds is 2. The maximum Gasteiger partial charge on any atom is 0.201 e. The van der Waals surface area contributed by atoms with Crippen LogP contribution in [0.4, 0.5) is 17.1 Å². The van der Waals surface area contributed by atoms with Crippen LogP contribution in [0.3, 0.4) is 0 Å². The normalized spacial score (nSPS) is 16.2. The average molecular weight is 415 g/mol. The summed E-state index contributed by atoms with van der Waals surface area (Å²) in [5.41, 5.74) is 1.38. The van der Waals surface area contributed by atoms with Crippen molar-refractivity contribution in [3.8, 4) is 5.75 Å². The minimum absolute atomic E-state index is 0.178. The highest BCUT2D eigenvalue weighted by Crippen LogP contribution is 2.39. The van der Waals surface area contributed by atoms with E-state index in [1.165, 1.54) is 0 Å². The van der Waals surface area contributed by atoms with Gasteiger partial charge in [0.1, 0.15) is 11.6 Å². The Balaban J connectivity index is 2.07. The average Bonchev–Trinajstić information content (AvgIpc) is 2.74. The van der Waals surface area contributed by atoms with Gasteiger partial charge in [0, 0.05) is 15.8 Å². The summed E-state index contributed by atoms with van der Waals surface area (Å²) in [6.07, 6.45) is 0. The van der Waals surface area contributed by atoms with Crippen LogP contribution in [0.25, 0.3) is 4.85 Å². The summed E-state index contributed by atoms with van der Waals surface area (Å²) in [4.78, 5) is 7.02. The molecule has 2 N–H and O–H groups in total. The predicted octanol–water partition coefficient (Wildman–Crippen LogP) is 5.07. The molecule has 0 spiro atoms. The summed E-state index contributed by atoms with van der Waals surface area (Å²) < 4.78 is 0.663. The minimum Gasteiger partial charge on any atom is -0.508 e. The molecule has 1 aliphatic rings. The van der Waals surface area contributed by atoms with E-state index in [1.807, 2.05) is 18.7 Å². The Labute approximate surface area is 160 Å². The lowest BCUT2D eigenvalue weighted by molar-refractivity contribution is 0.475. The summed E-state index contributed by atoms with van der Waals surface area (Å²) in [6, 6.07) is 12.0. The number of hydrogen-bond donors (Lipinski definition) is 2. The number of aromatic hydroxyl groups is 1.